The molecule has 0 atom stereocenters. The van der Waals surface area contributed by atoms with Gasteiger partial charge in [-0.05, 0) is 54.1 Å². The van der Waals surface area contributed by atoms with Crippen LogP contribution in [-0.4, -0.2) is 11.2 Å². The summed E-state index contributed by atoms with van der Waals surface area (Å²) < 4.78 is 11.1. The van der Waals surface area contributed by atoms with Crippen LogP contribution in [0.25, 0.3) is 0 Å². The first-order chi connectivity index (χ1) is 16.3. The Hall–Kier alpha value is -4.26. The molecule has 34 heavy (non-hydrogen) atoms. The van der Waals surface area contributed by atoms with Gasteiger partial charge in [0, 0.05) is 28.5 Å². The van der Waals surface area contributed by atoms with Crippen LogP contribution < -0.4 is 20.7 Å². The fourth-order valence-electron chi connectivity index (χ4n) is 3.15. The molecule has 0 saturated carbocycles. The largest absolute Gasteiger partial charge is 0.489 e. The number of hydrogen-bond acceptors (Lipinski definition) is 5. The van der Waals surface area contributed by atoms with Crippen LogP contribution in [-0.2, 0) is 12.0 Å². The van der Waals surface area contributed by atoms with Crippen molar-refractivity contribution in [2.45, 2.75) is 32.8 Å². The third-order valence-corrected chi connectivity index (χ3v) is 5.03. The van der Waals surface area contributed by atoms with Gasteiger partial charge in [0.05, 0.1) is 0 Å². The minimum absolute atomic E-state index is 0.179. The molecule has 3 aromatic carbocycles. The third-order valence-electron chi connectivity index (χ3n) is 5.03. The zero-order valence-electron chi connectivity index (χ0n) is 19.5. The second-order valence-corrected chi connectivity index (χ2v) is 8.91. The van der Waals surface area contributed by atoms with Gasteiger partial charge in [-0.25, -0.2) is 4.79 Å². The molecule has 1 heterocycles. The lowest BCUT2D eigenvalue weighted by atomic mass is 9.93. The van der Waals surface area contributed by atoms with Crippen molar-refractivity contribution in [3.8, 4) is 5.75 Å². The van der Waals surface area contributed by atoms with Crippen LogP contribution in [0.5, 0.6) is 5.75 Å². The molecule has 7 nitrogen and oxygen atoms in total. The van der Waals surface area contributed by atoms with Crippen molar-refractivity contribution in [1.82, 2.24) is 5.16 Å². The van der Waals surface area contributed by atoms with Crippen LogP contribution in [0.2, 0.25) is 0 Å². The Morgan fingerprint density at radius 2 is 1.47 bits per heavy atom. The van der Waals surface area contributed by atoms with E-state index in [4.69, 9.17) is 9.26 Å². The van der Waals surface area contributed by atoms with Crippen LogP contribution in [0, 0.1) is 0 Å². The van der Waals surface area contributed by atoms with E-state index < -0.39 is 0 Å². The van der Waals surface area contributed by atoms with Gasteiger partial charge in [0.1, 0.15) is 18.1 Å². The van der Waals surface area contributed by atoms with Gasteiger partial charge in [-0.1, -0.05) is 56.3 Å². The molecular weight excluding hydrogens is 428 g/mol. The van der Waals surface area contributed by atoms with Gasteiger partial charge in [0.15, 0.2) is 5.82 Å². The molecule has 174 valence electrons. The highest BCUT2D eigenvalue weighted by Crippen LogP contribution is 2.25. The standard InChI is InChI=1S/C27H28N4O3/c1-27(2,3)24-17-25(31-34-24)30-26(32)29-22-11-9-20(10-12-22)28-21-13-15-23(16-14-21)33-18-19-7-5-4-6-8-19/h4-17,28H,18H2,1-3H3,(H2,29,30,31,32). The molecule has 0 bridgehead atoms. The predicted octanol–water partition coefficient (Wildman–Crippen LogP) is 6.94. The highest BCUT2D eigenvalue weighted by atomic mass is 16.5. The molecular formula is C27H28N4O3. The van der Waals surface area contributed by atoms with Gasteiger partial charge in [-0.3, -0.25) is 5.32 Å². The van der Waals surface area contributed by atoms with E-state index >= 15 is 0 Å². The quantitative estimate of drug-likeness (QED) is 0.280. The van der Waals surface area contributed by atoms with Gasteiger partial charge in [-0.2, -0.15) is 0 Å². The number of rotatable bonds is 7. The number of carbonyl (C=O) groups is 1. The van der Waals surface area contributed by atoms with Crippen molar-refractivity contribution in [1.29, 1.82) is 0 Å². The van der Waals surface area contributed by atoms with Crippen LogP contribution in [0.3, 0.4) is 0 Å². The lowest BCUT2D eigenvalue weighted by molar-refractivity contribution is 0.262. The van der Waals surface area contributed by atoms with Gasteiger partial charge in [0.25, 0.3) is 0 Å². The summed E-state index contributed by atoms with van der Waals surface area (Å²) in [4.78, 5) is 12.3. The number of anilines is 4. The SMILES string of the molecule is CC(C)(C)c1cc(NC(=O)Nc2ccc(Nc3ccc(OCc4ccccc4)cc3)cc2)no1. The molecule has 0 aliphatic rings. The number of benzene rings is 3. The smallest absolute Gasteiger partial charge is 0.324 e. The molecule has 0 spiro atoms. The Balaban J connectivity index is 1.27. The molecule has 0 radical (unpaired) electrons. The van der Waals surface area contributed by atoms with E-state index in [1.807, 2.05) is 99.6 Å². The monoisotopic (exact) mass is 456 g/mol. The van der Waals surface area contributed by atoms with Crippen molar-refractivity contribution in [3.63, 3.8) is 0 Å². The predicted molar refractivity (Wildman–Crippen MR) is 135 cm³/mol. The maximum absolute atomic E-state index is 12.3. The first-order valence-corrected chi connectivity index (χ1v) is 11.0. The minimum atomic E-state index is -0.388. The average molecular weight is 457 g/mol. The number of nitrogens with zero attached hydrogens (tertiary/aromatic N) is 1. The van der Waals surface area contributed by atoms with E-state index in [-0.39, 0.29) is 11.4 Å². The minimum Gasteiger partial charge on any atom is -0.489 e. The summed E-state index contributed by atoms with van der Waals surface area (Å²) in [6, 6.07) is 26.6. The maximum Gasteiger partial charge on any atom is 0.324 e. The Morgan fingerprint density at radius 3 is 2.09 bits per heavy atom. The van der Waals surface area contributed by atoms with Crippen molar-refractivity contribution in [2.24, 2.45) is 0 Å². The van der Waals surface area contributed by atoms with Crippen LogP contribution in [0.15, 0.2) is 89.5 Å². The summed E-state index contributed by atoms with van der Waals surface area (Å²) in [5.74, 6) is 1.88. The highest BCUT2D eigenvalue weighted by Gasteiger charge is 2.20. The first kappa shape index (κ1) is 22.9. The molecule has 2 amide bonds. The van der Waals surface area contributed by atoms with Gasteiger partial charge in [0.2, 0.25) is 0 Å². The van der Waals surface area contributed by atoms with Gasteiger partial charge >= 0.3 is 6.03 Å². The van der Waals surface area contributed by atoms with Crippen LogP contribution in [0.4, 0.5) is 27.7 Å². The van der Waals surface area contributed by atoms with Crippen molar-refractivity contribution < 1.29 is 14.1 Å². The molecule has 0 unspecified atom stereocenters. The Labute approximate surface area is 199 Å². The van der Waals surface area contributed by atoms with E-state index in [0.717, 1.165) is 22.7 Å². The fourth-order valence-corrected chi connectivity index (χ4v) is 3.15. The molecule has 4 aromatic rings. The van der Waals surface area contributed by atoms with E-state index in [1.165, 1.54) is 0 Å². The fraction of sp³-hybridized carbons (Fsp3) is 0.185. The Kier molecular flexibility index (Phi) is 6.82. The Bertz CT molecular complexity index is 1210. The Morgan fingerprint density at radius 1 is 0.853 bits per heavy atom. The molecule has 3 N–H and O–H groups in total. The normalized spacial score (nSPS) is 11.0. The van der Waals surface area contributed by atoms with Gasteiger partial charge < -0.3 is 19.9 Å². The lowest BCUT2D eigenvalue weighted by Crippen LogP contribution is -2.19. The average Bonchev–Trinajstić information content (AvgIpc) is 3.30. The zero-order chi connectivity index (χ0) is 24.0. The molecule has 4 rings (SSSR count). The zero-order valence-corrected chi connectivity index (χ0v) is 19.5. The molecule has 7 heteroatoms. The second-order valence-electron chi connectivity index (χ2n) is 8.91. The van der Waals surface area contributed by atoms with Gasteiger partial charge in [-0.15, -0.1) is 0 Å². The molecule has 0 aliphatic carbocycles. The van der Waals surface area contributed by atoms with E-state index in [0.29, 0.717) is 23.9 Å². The van der Waals surface area contributed by atoms with Crippen molar-refractivity contribution >= 4 is 28.9 Å². The summed E-state index contributed by atoms with van der Waals surface area (Å²) in [7, 11) is 0. The number of amides is 2. The molecule has 0 aliphatic heterocycles. The first-order valence-electron chi connectivity index (χ1n) is 11.0. The summed E-state index contributed by atoms with van der Waals surface area (Å²) in [5, 5.41) is 12.7. The molecule has 0 fully saturated rings. The van der Waals surface area contributed by atoms with Crippen LogP contribution in [0.1, 0.15) is 32.1 Å². The van der Waals surface area contributed by atoms with Crippen molar-refractivity contribution in [2.75, 3.05) is 16.0 Å². The second kappa shape index (κ2) is 10.1. The van der Waals surface area contributed by atoms with E-state index in [9.17, 15) is 4.79 Å². The maximum atomic E-state index is 12.3. The topological polar surface area (TPSA) is 88.4 Å². The van der Waals surface area contributed by atoms with Crippen LogP contribution >= 0.6 is 0 Å². The number of nitrogens with one attached hydrogen (secondary N) is 3. The summed E-state index contributed by atoms with van der Waals surface area (Å²) >= 11 is 0. The van der Waals surface area contributed by atoms with Crippen molar-refractivity contribution in [3.05, 3.63) is 96.3 Å². The number of aromatic nitrogens is 1. The third kappa shape index (κ3) is 6.38. The number of carbonyl (C=O) groups excluding carboxylic acids is 1. The molecule has 0 saturated heterocycles. The summed E-state index contributed by atoms with van der Waals surface area (Å²) in [5.41, 5.74) is 3.44. The lowest BCUT2D eigenvalue weighted by Gasteiger charge is -2.12. The summed E-state index contributed by atoms with van der Waals surface area (Å²) in [6.45, 7) is 6.58. The van der Waals surface area contributed by atoms with E-state index in [2.05, 4.69) is 21.1 Å². The number of urea groups is 1. The van der Waals surface area contributed by atoms with E-state index in [1.54, 1.807) is 6.07 Å². The number of hydrogen-bond donors (Lipinski definition) is 3. The molecule has 1 aromatic heterocycles. The number of ether oxygens (including phenoxy) is 1. The summed E-state index contributed by atoms with van der Waals surface area (Å²) in [6.07, 6.45) is 0. The highest BCUT2D eigenvalue weighted by molar-refractivity contribution is 5.99.